The Bertz CT molecular complexity index is 645. The topological polar surface area (TPSA) is 74.4 Å². The molecule has 0 aliphatic carbocycles. The van der Waals surface area contributed by atoms with E-state index in [9.17, 15) is 4.79 Å². The molecule has 0 saturated carbocycles. The number of fused-ring (bicyclic) bond motifs is 1. The average Bonchev–Trinajstić information content (AvgIpc) is 2.73. The van der Waals surface area contributed by atoms with Gasteiger partial charge >= 0.3 is 0 Å². The van der Waals surface area contributed by atoms with Gasteiger partial charge in [-0.3, -0.25) is 9.78 Å². The Hall–Kier alpha value is -2.43. The quantitative estimate of drug-likeness (QED) is 0.638. The van der Waals surface area contributed by atoms with Crippen molar-refractivity contribution < 1.29 is 0 Å². The Morgan fingerprint density at radius 1 is 1.19 bits per heavy atom. The molecule has 0 aromatic carbocycles. The van der Waals surface area contributed by atoms with E-state index in [4.69, 9.17) is 0 Å². The first kappa shape index (κ1) is 8.84. The van der Waals surface area contributed by atoms with Crippen LogP contribution in [0.2, 0.25) is 0 Å². The minimum absolute atomic E-state index is 0.124. The van der Waals surface area contributed by atoms with Crippen LogP contribution in [0.15, 0.2) is 41.6 Å². The standard InChI is InChI=1S/C11H8N4O/c16-10-2-1-7(5-13-10)11-14-8-3-4-12-6-9(8)15-11/h1-6H,(H,13,16)(H,14,15). The van der Waals surface area contributed by atoms with Crippen LogP contribution in [0.25, 0.3) is 22.4 Å². The molecule has 3 rings (SSSR count). The number of nitrogens with one attached hydrogen (secondary N) is 2. The highest BCUT2D eigenvalue weighted by molar-refractivity contribution is 5.77. The molecule has 2 N–H and O–H groups in total. The number of hydrogen-bond acceptors (Lipinski definition) is 3. The molecule has 0 spiro atoms. The minimum atomic E-state index is -0.124. The number of aromatic nitrogens is 4. The average molecular weight is 212 g/mol. The van der Waals surface area contributed by atoms with Crippen LogP contribution in [-0.4, -0.2) is 19.9 Å². The van der Waals surface area contributed by atoms with Gasteiger partial charge in [0.2, 0.25) is 5.56 Å². The molecule has 3 aromatic rings. The van der Waals surface area contributed by atoms with Crippen LogP contribution in [0.1, 0.15) is 0 Å². The Morgan fingerprint density at radius 3 is 2.88 bits per heavy atom. The van der Waals surface area contributed by atoms with E-state index in [1.807, 2.05) is 6.07 Å². The second kappa shape index (κ2) is 3.30. The summed E-state index contributed by atoms with van der Waals surface area (Å²) in [6, 6.07) is 5.03. The first-order valence-electron chi connectivity index (χ1n) is 4.82. The number of rotatable bonds is 1. The highest BCUT2D eigenvalue weighted by atomic mass is 16.1. The summed E-state index contributed by atoms with van der Waals surface area (Å²) in [5, 5.41) is 0. The van der Waals surface area contributed by atoms with Gasteiger partial charge in [0.1, 0.15) is 5.82 Å². The largest absolute Gasteiger partial charge is 0.337 e. The molecular formula is C11H8N4O. The smallest absolute Gasteiger partial charge is 0.247 e. The van der Waals surface area contributed by atoms with Gasteiger partial charge in [-0.2, -0.15) is 0 Å². The first-order valence-corrected chi connectivity index (χ1v) is 4.82. The number of aromatic amines is 2. The zero-order valence-corrected chi connectivity index (χ0v) is 8.27. The Balaban J connectivity index is 2.19. The molecule has 0 unspecified atom stereocenters. The molecule has 3 heterocycles. The summed E-state index contributed by atoms with van der Waals surface area (Å²) >= 11 is 0. The number of hydrogen-bond donors (Lipinski definition) is 2. The van der Waals surface area contributed by atoms with Crippen LogP contribution >= 0.6 is 0 Å². The van der Waals surface area contributed by atoms with Crippen LogP contribution in [0.4, 0.5) is 0 Å². The normalized spacial score (nSPS) is 10.8. The van der Waals surface area contributed by atoms with Crippen molar-refractivity contribution >= 4 is 11.0 Å². The van der Waals surface area contributed by atoms with Gasteiger partial charge in [0, 0.05) is 24.0 Å². The van der Waals surface area contributed by atoms with E-state index < -0.39 is 0 Å². The third kappa shape index (κ3) is 1.38. The molecule has 0 fully saturated rings. The molecule has 0 aliphatic heterocycles. The Labute approximate surface area is 90.2 Å². The maximum Gasteiger partial charge on any atom is 0.247 e. The molecule has 0 aliphatic rings. The summed E-state index contributed by atoms with van der Waals surface area (Å²) in [7, 11) is 0. The van der Waals surface area contributed by atoms with Crippen molar-refractivity contribution in [2.24, 2.45) is 0 Å². The van der Waals surface area contributed by atoms with E-state index in [0.717, 1.165) is 22.4 Å². The van der Waals surface area contributed by atoms with Crippen LogP contribution < -0.4 is 5.56 Å². The summed E-state index contributed by atoms with van der Waals surface area (Å²) in [4.78, 5) is 25.1. The lowest BCUT2D eigenvalue weighted by Crippen LogP contribution is -2.01. The molecule has 0 radical (unpaired) electrons. The molecule has 0 amide bonds. The van der Waals surface area contributed by atoms with Gasteiger partial charge in [-0.25, -0.2) is 4.98 Å². The van der Waals surface area contributed by atoms with Crippen LogP contribution in [0.5, 0.6) is 0 Å². The van der Waals surface area contributed by atoms with Crippen molar-refractivity contribution in [3.63, 3.8) is 0 Å². The summed E-state index contributed by atoms with van der Waals surface area (Å²) in [6.07, 6.45) is 5.05. The van der Waals surface area contributed by atoms with Crippen molar-refractivity contribution in [1.82, 2.24) is 19.9 Å². The Kier molecular flexibility index (Phi) is 1.83. The Morgan fingerprint density at radius 2 is 2.12 bits per heavy atom. The predicted octanol–water partition coefficient (Wildman–Crippen LogP) is 1.31. The number of imidazole rings is 1. The van der Waals surface area contributed by atoms with Gasteiger partial charge in [0.05, 0.1) is 17.2 Å². The molecule has 0 bridgehead atoms. The zero-order chi connectivity index (χ0) is 11.0. The van der Waals surface area contributed by atoms with Crippen LogP contribution in [0, 0.1) is 0 Å². The number of H-pyrrole nitrogens is 2. The fourth-order valence-corrected chi connectivity index (χ4v) is 1.55. The molecule has 0 atom stereocenters. The van der Waals surface area contributed by atoms with E-state index in [2.05, 4.69) is 19.9 Å². The van der Waals surface area contributed by atoms with Crippen molar-refractivity contribution in [2.75, 3.05) is 0 Å². The summed E-state index contributed by atoms with van der Waals surface area (Å²) in [5.41, 5.74) is 2.46. The maximum absolute atomic E-state index is 10.9. The van der Waals surface area contributed by atoms with E-state index in [1.165, 1.54) is 6.07 Å². The third-order valence-electron chi connectivity index (χ3n) is 2.34. The summed E-state index contributed by atoms with van der Waals surface area (Å²) in [5.74, 6) is 0.722. The van der Waals surface area contributed by atoms with Gasteiger partial charge in [0.15, 0.2) is 0 Å². The van der Waals surface area contributed by atoms with E-state index in [1.54, 1.807) is 24.7 Å². The van der Waals surface area contributed by atoms with Crippen molar-refractivity contribution in [3.8, 4) is 11.4 Å². The van der Waals surface area contributed by atoms with Crippen molar-refractivity contribution in [2.45, 2.75) is 0 Å². The van der Waals surface area contributed by atoms with Crippen molar-refractivity contribution in [3.05, 3.63) is 47.1 Å². The monoisotopic (exact) mass is 212 g/mol. The fourth-order valence-electron chi connectivity index (χ4n) is 1.55. The van der Waals surface area contributed by atoms with Crippen LogP contribution in [0.3, 0.4) is 0 Å². The highest BCUT2D eigenvalue weighted by Gasteiger charge is 2.04. The lowest BCUT2D eigenvalue weighted by molar-refractivity contribution is 1.22. The number of nitrogens with zero attached hydrogens (tertiary/aromatic N) is 2. The minimum Gasteiger partial charge on any atom is -0.337 e. The SMILES string of the molecule is O=c1ccc(-c2nc3ccncc3[nH]2)c[nH]1. The third-order valence-corrected chi connectivity index (χ3v) is 2.34. The van der Waals surface area contributed by atoms with Gasteiger partial charge in [-0.1, -0.05) is 0 Å². The van der Waals surface area contributed by atoms with Gasteiger partial charge in [-0.05, 0) is 12.1 Å². The molecule has 78 valence electrons. The van der Waals surface area contributed by atoms with Gasteiger partial charge in [-0.15, -0.1) is 0 Å². The second-order valence-electron chi connectivity index (χ2n) is 3.42. The maximum atomic E-state index is 10.9. The van der Waals surface area contributed by atoms with Crippen molar-refractivity contribution in [1.29, 1.82) is 0 Å². The van der Waals surface area contributed by atoms with Gasteiger partial charge < -0.3 is 9.97 Å². The molecular weight excluding hydrogens is 204 g/mol. The highest BCUT2D eigenvalue weighted by Crippen LogP contribution is 2.17. The van der Waals surface area contributed by atoms with E-state index >= 15 is 0 Å². The first-order chi connectivity index (χ1) is 7.83. The molecule has 3 aromatic heterocycles. The second-order valence-corrected chi connectivity index (χ2v) is 3.42. The lowest BCUT2D eigenvalue weighted by atomic mass is 10.3. The fraction of sp³-hybridized carbons (Fsp3) is 0. The summed E-state index contributed by atoms with van der Waals surface area (Å²) in [6.45, 7) is 0. The van der Waals surface area contributed by atoms with E-state index in [-0.39, 0.29) is 5.56 Å². The zero-order valence-electron chi connectivity index (χ0n) is 8.27. The number of pyridine rings is 2. The predicted molar refractivity (Wildman–Crippen MR) is 59.9 cm³/mol. The van der Waals surface area contributed by atoms with E-state index in [0.29, 0.717) is 0 Å². The molecule has 0 saturated heterocycles. The molecule has 5 heteroatoms. The van der Waals surface area contributed by atoms with Gasteiger partial charge in [0.25, 0.3) is 0 Å². The molecule has 16 heavy (non-hydrogen) atoms. The summed E-state index contributed by atoms with van der Waals surface area (Å²) < 4.78 is 0. The lowest BCUT2D eigenvalue weighted by Gasteiger charge is -1.93. The molecule has 5 nitrogen and oxygen atoms in total. The van der Waals surface area contributed by atoms with Crippen LogP contribution in [-0.2, 0) is 0 Å².